The van der Waals surface area contributed by atoms with Crippen LogP contribution in [0.4, 0.5) is 10.1 Å². The first-order valence-corrected chi connectivity index (χ1v) is 8.99. The first-order valence-electron chi connectivity index (χ1n) is 8.99. The van der Waals surface area contributed by atoms with Gasteiger partial charge in [-0.25, -0.2) is 4.39 Å². The molecule has 0 spiro atoms. The summed E-state index contributed by atoms with van der Waals surface area (Å²) in [5.74, 6) is 1.23. The lowest BCUT2D eigenvalue weighted by atomic mass is 10.1. The van der Waals surface area contributed by atoms with Crippen molar-refractivity contribution < 1.29 is 19.0 Å². The molecule has 6 heteroatoms. The van der Waals surface area contributed by atoms with Crippen molar-refractivity contribution in [3.8, 4) is 11.5 Å². The Bertz CT molecular complexity index is 745. The standard InChI is InChI=1S/C20H23FN2O3/c21-16-2-4-17(5-3-16)23-9-7-22(8-10-23)14-18(24)15-1-6-19-20(13-15)26-12-11-25-19/h1-6,13,18,24H,7-12,14H2/t18-/m0/s1. The lowest BCUT2D eigenvalue weighted by Crippen LogP contribution is -2.47. The van der Waals surface area contributed by atoms with Crippen LogP contribution in [0.1, 0.15) is 11.7 Å². The van der Waals surface area contributed by atoms with Crippen LogP contribution in [0.3, 0.4) is 0 Å². The Morgan fingerprint density at radius 3 is 2.35 bits per heavy atom. The highest BCUT2D eigenvalue weighted by molar-refractivity contribution is 5.47. The van der Waals surface area contributed by atoms with E-state index >= 15 is 0 Å². The zero-order chi connectivity index (χ0) is 17.9. The zero-order valence-corrected chi connectivity index (χ0v) is 14.6. The first-order chi connectivity index (χ1) is 12.7. The molecule has 1 atom stereocenters. The summed E-state index contributed by atoms with van der Waals surface area (Å²) in [6, 6.07) is 12.2. The predicted octanol–water partition coefficient (Wildman–Crippen LogP) is 2.45. The van der Waals surface area contributed by atoms with Gasteiger partial charge in [-0.05, 0) is 42.0 Å². The maximum atomic E-state index is 13.1. The molecule has 0 aliphatic carbocycles. The first kappa shape index (κ1) is 17.1. The van der Waals surface area contributed by atoms with Gasteiger partial charge in [-0.3, -0.25) is 4.90 Å². The number of hydrogen-bond acceptors (Lipinski definition) is 5. The molecule has 1 saturated heterocycles. The molecule has 138 valence electrons. The summed E-state index contributed by atoms with van der Waals surface area (Å²) in [5, 5.41) is 10.6. The van der Waals surface area contributed by atoms with E-state index in [4.69, 9.17) is 9.47 Å². The topological polar surface area (TPSA) is 45.2 Å². The number of rotatable bonds is 4. The fourth-order valence-corrected chi connectivity index (χ4v) is 3.46. The van der Waals surface area contributed by atoms with E-state index in [1.165, 1.54) is 12.1 Å². The van der Waals surface area contributed by atoms with E-state index in [-0.39, 0.29) is 5.82 Å². The highest BCUT2D eigenvalue weighted by Gasteiger charge is 2.21. The third kappa shape index (κ3) is 3.76. The van der Waals surface area contributed by atoms with Crippen LogP contribution in [-0.4, -0.2) is 55.9 Å². The quantitative estimate of drug-likeness (QED) is 0.910. The molecule has 2 heterocycles. The van der Waals surface area contributed by atoms with Gasteiger partial charge >= 0.3 is 0 Å². The normalized spacial score (nSPS) is 18.6. The Morgan fingerprint density at radius 1 is 0.923 bits per heavy atom. The zero-order valence-electron chi connectivity index (χ0n) is 14.6. The molecule has 0 saturated carbocycles. The van der Waals surface area contributed by atoms with E-state index in [0.29, 0.717) is 25.5 Å². The summed E-state index contributed by atoms with van der Waals surface area (Å²) in [6.07, 6.45) is -0.566. The number of piperazine rings is 1. The minimum absolute atomic E-state index is 0.213. The second-order valence-electron chi connectivity index (χ2n) is 6.68. The molecule has 1 fully saturated rings. The van der Waals surface area contributed by atoms with Crippen LogP contribution < -0.4 is 14.4 Å². The maximum Gasteiger partial charge on any atom is 0.161 e. The van der Waals surface area contributed by atoms with Gasteiger partial charge in [0.05, 0.1) is 6.10 Å². The molecule has 26 heavy (non-hydrogen) atoms. The van der Waals surface area contributed by atoms with Crippen molar-refractivity contribution in [1.29, 1.82) is 0 Å². The molecule has 2 aromatic carbocycles. The summed E-state index contributed by atoms with van der Waals surface area (Å²) in [6.45, 7) is 5.12. The molecular weight excluding hydrogens is 335 g/mol. The van der Waals surface area contributed by atoms with Crippen molar-refractivity contribution >= 4 is 5.69 Å². The number of ether oxygens (including phenoxy) is 2. The molecule has 0 unspecified atom stereocenters. The Morgan fingerprint density at radius 2 is 1.62 bits per heavy atom. The Hall–Kier alpha value is -2.31. The van der Waals surface area contributed by atoms with E-state index in [1.54, 1.807) is 0 Å². The van der Waals surface area contributed by atoms with Gasteiger partial charge in [-0.1, -0.05) is 6.07 Å². The van der Waals surface area contributed by atoms with Gasteiger partial charge in [0.1, 0.15) is 19.0 Å². The van der Waals surface area contributed by atoms with Crippen molar-refractivity contribution in [2.75, 3.05) is 50.8 Å². The monoisotopic (exact) mass is 358 g/mol. The van der Waals surface area contributed by atoms with Gasteiger partial charge in [0.2, 0.25) is 0 Å². The molecule has 0 radical (unpaired) electrons. The number of aliphatic hydroxyl groups is 1. The summed E-state index contributed by atoms with van der Waals surface area (Å²) in [7, 11) is 0. The van der Waals surface area contributed by atoms with Crippen LogP contribution in [0.2, 0.25) is 0 Å². The fraction of sp³-hybridized carbons (Fsp3) is 0.400. The number of anilines is 1. The van der Waals surface area contributed by atoms with Crippen molar-refractivity contribution in [1.82, 2.24) is 4.90 Å². The van der Waals surface area contributed by atoms with Crippen molar-refractivity contribution in [3.63, 3.8) is 0 Å². The van der Waals surface area contributed by atoms with Crippen molar-refractivity contribution in [2.45, 2.75) is 6.10 Å². The summed E-state index contributed by atoms with van der Waals surface area (Å²) in [4.78, 5) is 4.49. The van der Waals surface area contributed by atoms with Crippen LogP contribution in [0, 0.1) is 5.82 Å². The molecule has 0 bridgehead atoms. The number of β-amino-alcohol motifs (C(OH)–C–C–N with tert-alkyl or cyclic N) is 1. The molecule has 2 aliphatic heterocycles. The molecule has 4 rings (SSSR count). The third-order valence-electron chi connectivity index (χ3n) is 4.95. The minimum atomic E-state index is -0.566. The SMILES string of the molecule is O[C@@H](CN1CCN(c2ccc(F)cc2)CC1)c1ccc2c(c1)OCCO2. The van der Waals surface area contributed by atoms with Gasteiger partial charge in [0, 0.05) is 38.4 Å². The third-order valence-corrected chi connectivity index (χ3v) is 4.95. The summed E-state index contributed by atoms with van der Waals surface area (Å²) < 4.78 is 24.2. The maximum absolute atomic E-state index is 13.1. The highest BCUT2D eigenvalue weighted by atomic mass is 19.1. The van der Waals surface area contributed by atoms with E-state index in [1.807, 2.05) is 30.3 Å². The van der Waals surface area contributed by atoms with Crippen molar-refractivity contribution in [3.05, 3.63) is 53.8 Å². The van der Waals surface area contributed by atoms with Crippen molar-refractivity contribution in [2.24, 2.45) is 0 Å². The van der Waals surface area contributed by atoms with Crippen LogP contribution in [0.5, 0.6) is 11.5 Å². The van der Waals surface area contributed by atoms with Crippen LogP contribution in [-0.2, 0) is 0 Å². The average molecular weight is 358 g/mol. The minimum Gasteiger partial charge on any atom is -0.486 e. The molecule has 1 N–H and O–H groups in total. The second-order valence-corrected chi connectivity index (χ2v) is 6.68. The average Bonchev–Trinajstić information content (AvgIpc) is 2.69. The van der Waals surface area contributed by atoms with Crippen LogP contribution in [0.15, 0.2) is 42.5 Å². The van der Waals surface area contributed by atoms with Crippen LogP contribution >= 0.6 is 0 Å². The van der Waals surface area contributed by atoms with E-state index < -0.39 is 6.10 Å². The summed E-state index contributed by atoms with van der Waals surface area (Å²) >= 11 is 0. The van der Waals surface area contributed by atoms with Gasteiger partial charge in [0.15, 0.2) is 11.5 Å². The molecule has 5 nitrogen and oxygen atoms in total. The van der Waals surface area contributed by atoms with E-state index in [9.17, 15) is 9.50 Å². The number of benzene rings is 2. The van der Waals surface area contributed by atoms with Gasteiger partial charge in [-0.2, -0.15) is 0 Å². The van der Waals surface area contributed by atoms with Gasteiger partial charge < -0.3 is 19.5 Å². The Kier molecular flexibility index (Phi) is 4.95. The molecule has 0 amide bonds. The molecule has 2 aromatic rings. The Labute approximate surface area is 152 Å². The Balaban J connectivity index is 1.33. The predicted molar refractivity (Wildman–Crippen MR) is 97.4 cm³/mol. The van der Waals surface area contributed by atoms with Gasteiger partial charge in [0.25, 0.3) is 0 Å². The highest BCUT2D eigenvalue weighted by Crippen LogP contribution is 2.33. The summed E-state index contributed by atoms with van der Waals surface area (Å²) in [5.41, 5.74) is 1.88. The fourth-order valence-electron chi connectivity index (χ4n) is 3.46. The molecule has 2 aliphatic rings. The van der Waals surface area contributed by atoms with Crippen LogP contribution in [0.25, 0.3) is 0 Å². The number of nitrogens with zero attached hydrogens (tertiary/aromatic N) is 2. The lowest BCUT2D eigenvalue weighted by molar-refractivity contribution is 0.108. The van der Waals surface area contributed by atoms with E-state index in [2.05, 4.69) is 9.80 Å². The lowest BCUT2D eigenvalue weighted by Gasteiger charge is -2.37. The second kappa shape index (κ2) is 7.51. The smallest absolute Gasteiger partial charge is 0.161 e. The number of halogens is 1. The van der Waals surface area contributed by atoms with Gasteiger partial charge in [-0.15, -0.1) is 0 Å². The molecular formula is C20H23FN2O3. The van der Waals surface area contributed by atoms with E-state index in [0.717, 1.165) is 43.2 Å². The molecule has 0 aromatic heterocycles. The number of aliphatic hydroxyl groups excluding tert-OH is 1. The largest absolute Gasteiger partial charge is 0.486 e. The number of fused-ring (bicyclic) bond motifs is 1. The number of hydrogen-bond donors (Lipinski definition) is 1.